The monoisotopic (exact) mass is 219 g/mol. The summed E-state index contributed by atoms with van der Waals surface area (Å²) in [4.78, 5) is 7.88. The Bertz CT molecular complexity index is 429. The molecule has 0 aliphatic rings. The predicted octanol–water partition coefficient (Wildman–Crippen LogP) is 1.37. The highest BCUT2D eigenvalue weighted by molar-refractivity contribution is 5.20. The summed E-state index contributed by atoms with van der Waals surface area (Å²) in [5.41, 5.74) is 1.12. The number of nitrogens with one attached hydrogen (secondary N) is 1. The molecule has 0 bridgehead atoms. The molecule has 16 heavy (non-hydrogen) atoms. The van der Waals surface area contributed by atoms with E-state index in [4.69, 9.17) is 9.15 Å². The standard InChI is InChI=1S/C11H13N3O2/c1-15-11-4-9(2-3-14-11)5-12-6-10-7-13-8-16-10/h2-4,7-8,12H,5-6H2,1H3. The van der Waals surface area contributed by atoms with Crippen molar-refractivity contribution in [2.24, 2.45) is 0 Å². The normalized spacial score (nSPS) is 10.3. The molecule has 1 N–H and O–H groups in total. The molecule has 0 spiro atoms. The van der Waals surface area contributed by atoms with E-state index in [1.807, 2.05) is 12.1 Å². The van der Waals surface area contributed by atoms with Crippen LogP contribution < -0.4 is 10.1 Å². The minimum absolute atomic E-state index is 0.624. The van der Waals surface area contributed by atoms with Gasteiger partial charge >= 0.3 is 0 Å². The van der Waals surface area contributed by atoms with E-state index in [1.165, 1.54) is 6.39 Å². The van der Waals surface area contributed by atoms with Crippen LogP contribution in [0.4, 0.5) is 0 Å². The summed E-state index contributed by atoms with van der Waals surface area (Å²) in [6, 6.07) is 3.84. The number of hydrogen-bond acceptors (Lipinski definition) is 5. The van der Waals surface area contributed by atoms with Crippen molar-refractivity contribution < 1.29 is 9.15 Å². The van der Waals surface area contributed by atoms with Crippen molar-refractivity contribution in [2.75, 3.05) is 7.11 Å². The number of methoxy groups -OCH3 is 1. The summed E-state index contributed by atoms with van der Waals surface area (Å²) in [7, 11) is 1.61. The third kappa shape index (κ3) is 2.80. The van der Waals surface area contributed by atoms with E-state index in [-0.39, 0.29) is 0 Å². The largest absolute Gasteiger partial charge is 0.481 e. The van der Waals surface area contributed by atoms with Crippen molar-refractivity contribution in [3.05, 3.63) is 42.2 Å². The molecule has 2 rings (SSSR count). The molecular weight excluding hydrogens is 206 g/mol. The summed E-state index contributed by atoms with van der Waals surface area (Å²) < 4.78 is 10.1. The van der Waals surface area contributed by atoms with Crippen LogP contribution in [0.1, 0.15) is 11.3 Å². The fourth-order valence-electron chi connectivity index (χ4n) is 1.33. The van der Waals surface area contributed by atoms with Crippen molar-refractivity contribution in [2.45, 2.75) is 13.1 Å². The summed E-state index contributed by atoms with van der Waals surface area (Å²) in [6.45, 7) is 1.39. The summed E-state index contributed by atoms with van der Waals surface area (Å²) in [5.74, 6) is 1.44. The van der Waals surface area contributed by atoms with Crippen molar-refractivity contribution in [3.63, 3.8) is 0 Å². The van der Waals surface area contributed by atoms with Crippen molar-refractivity contribution in [1.82, 2.24) is 15.3 Å². The van der Waals surface area contributed by atoms with Crippen molar-refractivity contribution >= 4 is 0 Å². The van der Waals surface area contributed by atoms with Crippen molar-refractivity contribution in [3.8, 4) is 5.88 Å². The predicted molar refractivity (Wildman–Crippen MR) is 57.8 cm³/mol. The minimum atomic E-state index is 0.624. The molecule has 0 aromatic carbocycles. The fraction of sp³-hybridized carbons (Fsp3) is 0.273. The minimum Gasteiger partial charge on any atom is -0.481 e. The van der Waals surface area contributed by atoms with Gasteiger partial charge in [0.1, 0.15) is 5.76 Å². The Morgan fingerprint density at radius 1 is 1.44 bits per heavy atom. The zero-order chi connectivity index (χ0) is 11.2. The average molecular weight is 219 g/mol. The Balaban J connectivity index is 1.85. The first-order chi connectivity index (χ1) is 7.88. The van der Waals surface area contributed by atoms with Crippen LogP contribution in [0.25, 0.3) is 0 Å². The maximum Gasteiger partial charge on any atom is 0.213 e. The van der Waals surface area contributed by atoms with Gasteiger partial charge < -0.3 is 14.5 Å². The molecule has 5 heteroatoms. The SMILES string of the molecule is COc1cc(CNCc2cnco2)ccn1. The number of pyridine rings is 1. The molecule has 0 saturated heterocycles. The summed E-state index contributed by atoms with van der Waals surface area (Å²) in [6.07, 6.45) is 4.84. The van der Waals surface area contributed by atoms with E-state index >= 15 is 0 Å². The lowest BCUT2D eigenvalue weighted by molar-refractivity contribution is 0.397. The lowest BCUT2D eigenvalue weighted by Gasteiger charge is -2.04. The second-order valence-electron chi connectivity index (χ2n) is 3.28. The van der Waals surface area contributed by atoms with E-state index in [9.17, 15) is 0 Å². The zero-order valence-corrected chi connectivity index (χ0v) is 9.01. The van der Waals surface area contributed by atoms with Crippen LogP contribution in [0.3, 0.4) is 0 Å². The van der Waals surface area contributed by atoms with Gasteiger partial charge in [-0.05, 0) is 11.6 Å². The van der Waals surface area contributed by atoms with Crippen LogP contribution in [-0.2, 0) is 13.1 Å². The van der Waals surface area contributed by atoms with Crippen LogP contribution in [0.15, 0.2) is 35.3 Å². The van der Waals surface area contributed by atoms with Crippen LogP contribution in [0, 0.1) is 0 Å². The third-order valence-corrected chi connectivity index (χ3v) is 2.12. The Kier molecular flexibility index (Phi) is 3.50. The molecule has 0 atom stereocenters. The van der Waals surface area contributed by atoms with Gasteiger partial charge in [0.25, 0.3) is 0 Å². The Morgan fingerprint density at radius 2 is 2.38 bits per heavy atom. The molecule has 2 aromatic heterocycles. The second-order valence-corrected chi connectivity index (χ2v) is 3.28. The maximum absolute atomic E-state index is 5.11. The molecule has 2 aromatic rings. The van der Waals surface area contributed by atoms with Crippen molar-refractivity contribution in [1.29, 1.82) is 0 Å². The first-order valence-electron chi connectivity index (χ1n) is 4.95. The molecule has 0 radical (unpaired) electrons. The number of oxazole rings is 1. The van der Waals surface area contributed by atoms with Crippen LogP contribution in [-0.4, -0.2) is 17.1 Å². The van der Waals surface area contributed by atoms with E-state index in [0.717, 1.165) is 17.9 Å². The first-order valence-corrected chi connectivity index (χ1v) is 4.95. The Labute approximate surface area is 93.5 Å². The summed E-state index contributed by atoms with van der Waals surface area (Å²) in [5, 5.41) is 3.24. The molecule has 0 amide bonds. The van der Waals surface area contributed by atoms with Crippen LogP contribution in [0.2, 0.25) is 0 Å². The molecule has 0 unspecified atom stereocenters. The number of ether oxygens (including phenoxy) is 1. The number of aromatic nitrogens is 2. The molecule has 84 valence electrons. The Hall–Kier alpha value is -1.88. The zero-order valence-electron chi connectivity index (χ0n) is 9.01. The molecule has 0 saturated carbocycles. The quantitative estimate of drug-likeness (QED) is 0.822. The molecular formula is C11H13N3O2. The van der Waals surface area contributed by atoms with E-state index < -0.39 is 0 Å². The molecule has 0 aliphatic heterocycles. The lowest BCUT2D eigenvalue weighted by atomic mass is 10.2. The highest BCUT2D eigenvalue weighted by Crippen LogP contribution is 2.08. The van der Waals surface area contributed by atoms with E-state index in [2.05, 4.69) is 15.3 Å². The highest BCUT2D eigenvalue weighted by atomic mass is 16.5. The Morgan fingerprint density at radius 3 is 3.12 bits per heavy atom. The maximum atomic E-state index is 5.11. The molecule has 2 heterocycles. The lowest BCUT2D eigenvalue weighted by Crippen LogP contribution is -2.12. The first kappa shape index (κ1) is 10.6. The second kappa shape index (κ2) is 5.27. The van der Waals surface area contributed by atoms with Gasteiger partial charge in [0.2, 0.25) is 5.88 Å². The molecule has 0 aliphatic carbocycles. The van der Waals surface area contributed by atoms with E-state index in [0.29, 0.717) is 12.4 Å². The van der Waals surface area contributed by atoms with Gasteiger partial charge in [-0.25, -0.2) is 9.97 Å². The van der Waals surface area contributed by atoms with Gasteiger partial charge in [-0.15, -0.1) is 0 Å². The fourth-order valence-corrected chi connectivity index (χ4v) is 1.33. The smallest absolute Gasteiger partial charge is 0.213 e. The van der Waals surface area contributed by atoms with Gasteiger partial charge in [-0.3, -0.25) is 0 Å². The van der Waals surface area contributed by atoms with Gasteiger partial charge in [-0.2, -0.15) is 0 Å². The summed E-state index contributed by atoms with van der Waals surface area (Å²) >= 11 is 0. The molecule has 0 fully saturated rings. The van der Waals surface area contributed by atoms with Crippen LogP contribution >= 0.6 is 0 Å². The number of hydrogen-bond donors (Lipinski definition) is 1. The number of rotatable bonds is 5. The third-order valence-electron chi connectivity index (χ3n) is 2.12. The van der Waals surface area contributed by atoms with Crippen LogP contribution in [0.5, 0.6) is 5.88 Å². The average Bonchev–Trinajstić information content (AvgIpc) is 2.82. The molecule has 5 nitrogen and oxygen atoms in total. The highest BCUT2D eigenvalue weighted by Gasteiger charge is 1.98. The van der Waals surface area contributed by atoms with Gasteiger partial charge in [0.15, 0.2) is 6.39 Å². The van der Waals surface area contributed by atoms with E-state index in [1.54, 1.807) is 19.5 Å². The topological polar surface area (TPSA) is 60.2 Å². The van der Waals surface area contributed by atoms with Gasteiger partial charge in [-0.1, -0.05) is 0 Å². The van der Waals surface area contributed by atoms with Gasteiger partial charge in [0.05, 0.1) is 19.9 Å². The van der Waals surface area contributed by atoms with Gasteiger partial charge in [0, 0.05) is 18.8 Å². The number of nitrogens with zero attached hydrogens (tertiary/aromatic N) is 2.